The standard InChI is InChI=1S/C12H16N4O3/c1-7(2)13-15-11(17)9-5-6-10(19-9)12(18)16-14-8(3)4/h5-6H,1-4H3,(H,15,17)(H,16,18). The van der Waals surface area contributed by atoms with Gasteiger partial charge in [0.05, 0.1) is 0 Å². The number of carbonyl (C=O) groups excluding carboxylic acids is 2. The highest BCUT2D eigenvalue weighted by atomic mass is 16.4. The molecule has 0 spiro atoms. The van der Waals surface area contributed by atoms with Crippen molar-refractivity contribution >= 4 is 23.2 Å². The molecule has 1 aromatic heterocycles. The van der Waals surface area contributed by atoms with E-state index < -0.39 is 11.8 Å². The van der Waals surface area contributed by atoms with Crippen molar-refractivity contribution in [2.24, 2.45) is 10.2 Å². The molecule has 7 heteroatoms. The maximum Gasteiger partial charge on any atom is 0.307 e. The van der Waals surface area contributed by atoms with Crippen LogP contribution in [-0.4, -0.2) is 23.2 Å². The molecule has 0 unspecified atom stereocenters. The second kappa shape index (κ2) is 6.48. The van der Waals surface area contributed by atoms with Crippen molar-refractivity contribution in [1.29, 1.82) is 0 Å². The van der Waals surface area contributed by atoms with Crippen LogP contribution in [0.4, 0.5) is 0 Å². The molecular weight excluding hydrogens is 248 g/mol. The van der Waals surface area contributed by atoms with Crippen LogP contribution in [0.3, 0.4) is 0 Å². The first-order chi connectivity index (χ1) is 8.90. The number of nitrogens with zero attached hydrogens (tertiary/aromatic N) is 2. The summed E-state index contributed by atoms with van der Waals surface area (Å²) in [6.45, 7) is 6.97. The summed E-state index contributed by atoms with van der Waals surface area (Å²) in [5.74, 6) is -1.02. The predicted molar refractivity (Wildman–Crippen MR) is 71.2 cm³/mol. The maximum atomic E-state index is 11.6. The monoisotopic (exact) mass is 264 g/mol. The van der Waals surface area contributed by atoms with Crippen molar-refractivity contribution in [3.63, 3.8) is 0 Å². The summed E-state index contributed by atoms with van der Waals surface area (Å²) >= 11 is 0. The molecule has 1 aromatic rings. The topological polar surface area (TPSA) is 96.1 Å². The third-order valence-corrected chi connectivity index (χ3v) is 1.82. The summed E-state index contributed by atoms with van der Waals surface area (Å²) in [4.78, 5) is 23.2. The minimum atomic E-state index is -0.518. The molecule has 0 aliphatic carbocycles. The van der Waals surface area contributed by atoms with Gasteiger partial charge in [0, 0.05) is 11.4 Å². The minimum Gasteiger partial charge on any atom is -0.446 e. The van der Waals surface area contributed by atoms with Crippen LogP contribution in [-0.2, 0) is 0 Å². The van der Waals surface area contributed by atoms with Crippen LogP contribution in [0.5, 0.6) is 0 Å². The molecule has 19 heavy (non-hydrogen) atoms. The Morgan fingerprint density at radius 3 is 1.58 bits per heavy atom. The number of hydrazone groups is 2. The van der Waals surface area contributed by atoms with Gasteiger partial charge in [-0.05, 0) is 39.8 Å². The van der Waals surface area contributed by atoms with Gasteiger partial charge in [-0.15, -0.1) is 0 Å². The van der Waals surface area contributed by atoms with E-state index in [1.165, 1.54) is 12.1 Å². The Bertz CT molecular complexity index is 488. The molecule has 2 N–H and O–H groups in total. The van der Waals surface area contributed by atoms with Gasteiger partial charge < -0.3 is 4.42 Å². The predicted octanol–water partition coefficient (Wildman–Crippen LogP) is 1.53. The van der Waals surface area contributed by atoms with Crippen LogP contribution < -0.4 is 10.9 Å². The van der Waals surface area contributed by atoms with Crippen molar-refractivity contribution in [1.82, 2.24) is 10.9 Å². The maximum absolute atomic E-state index is 11.6. The molecule has 2 amide bonds. The Labute approximate surface area is 110 Å². The zero-order valence-corrected chi connectivity index (χ0v) is 11.3. The van der Waals surface area contributed by atoms with Crippen molar-refractivity contribution in [2.45, 2.75) is 27.7 Å². The third-order valence-electron chi connectivity index (χ3n) is 1.82. The van der Waals surface area contributed by atoms with Gasteiger partial charge in [-0.2, -0.15) is 10.2 Å². The molecule has 1 rings (SSSR count). The van der Waals surface area contributed by atoms with Crippen molar-refractivity contribution < 1.29 is 14.0 Å². The normalized spacial score (nSPS) is 9.47. The van der Waals surface area contributed by atoms with Crippen LogP contribution in [0.25, 0.3) is 0 Å². The van der Waals surface area contributed by atoms with Gasteiger partial charge in [-0.1, -0.05) is 0 Å². The first kappa shape index (κ1) is 14.6. The minimum absolute atomic E-state index is 0.00681. The van der Waals surface area contributed by atoms with Gasteiger partial charge in [0.1, 0.15) is 0 Å². The lowest BCUT2D eigenvalue weighted by Crippen LogP contribution is -2.19. The molecular formula is C12H16N4O3. The van der Waals surface area contributed by atoms with Crippen LogP contribution in [0.1, 0.15) is 48.8 Å². The fourth-order valence-electron chi connectivity index (χ4n) is 1.02. The van der Waals surface area contributed by atoms with E-state index in [0.29, 0.717) is 11.4 Å². The zero-order chi connectivity index (χ0) is 14.4. The highest BCUT2D eigenvalue weighted by Gasteiger charge is 2.15. The number of nitrogens with one attached hydrogen (secondary N) is 2. The van der Waals surface area contributed by atoms with Crippen molar-refractivity contribution in [3.05, 3.63) is 23.7 Å². The van der Waals surface area contributed by atoms with E-state index in [4.69, 9.17) is 4.42 Å². The van der Waals surface area contributed by atoms with Crippen LogP contribution >= 0.6 is 0 Å². The Hall–Kier alpha value is -2.44. The quantitative estimate of drug-likeness (QED) is 0.637. The molecule has 0 saturated carbocycles. The van der Waals surface area contributed by atoms with Gasteiger partial charge in [0.25, 0.3) is 0 Å². The molecule has 7 nitrogen and oxygen atoms in total. The van der Waals surface area contributed by atoms with Crippen molar-refractivity contribution in [2.75, 3.05) is 0 Å². The van der Waals surface area contributed by atoms with E-state index in [-0.39, 0.29) is 11.5 Å². The van der Waals surface area contributed by atoms with E-state index in [1.54, 1.807) is 27.7 Å². The molecule has 0 atom stereocenters. The summed E-state index contributed by atoms with van der Waals surface area (Å²) in [7, 11) is 0. The molecule has 0 aromatic carbocycles. The second-order valence-corrected chi connectivity index (χ2v) is 4.16. The fraction of sp³-hybridized carbons (Fsp3) is 0.333. The Kier molecular flexibility index (Phi) is 4.99. The Balaban J connectivity index is 2.71. The van der Waals surface area contributed by atoms with Crippen LogP contribution in [0.2, 0.25) is 0 Å². The summed E-state index contributed by atoms with van der Waals surface area (Å²) in [5.41, 5.74) is 5.99. The van der Waals surface area contributed by atoms with Gasteiger partial charge in [0.15, 0.2) is 11.5 Å². The largest absolute Gasteiger partial charge is 0.446 e. The van der Waals surface area contributed by atoms with Gasteiger partial charge in [-0.25, -0.2) is 10.9 Å². The first-order valence-electron chi connectivity index (χ1n) is 5.62. The molecule has 0 aliphatic rings. The summed E-state index contributed by atoms with van der Waals surface area (Å²) < 4.78 is 5.11. The Morgan fingerprint density at radius 1 is 0.895 bits per heavy atom. The van der Waals surface area contributed by atoms with Gasteiger partial charge in [-0.3, -0.25) is 9.59 Å². The van der Waals surface area contributed by atoms with E-state index in [9.17, 15) is 9.59 Å². The number of hydrogen-bond donors (Lipinski definition) is 2. The summed E-state index contributed by atoms with van der Waals surface area (Å²) in [5, 5.41) is 7.50. The number of furan rings is 1. The zero-order valence-electron chi connectivity index (χ0n) is 11.3. The summed E-state index contributed by atoms with van der Waals surface area (Å²) in [6, 6.07) is 2.79. The van der Waals surface area contributed by atoms with E-state index in [0.717, 1.165) is 0 Å². The lowest BCUT2D eigenvalue weighted by atomic mass is 10.4. The number of hydrogen-bond acceptors (Lipinski definition) is 5. The smallest absolute Gasteiger partial charge is 0.307 e. The third kappa shape index (κ3) is 4.74. The number of rotatable bonds is 4. The SMILES string of the molecule is CC(C)=NNC(=O)c1ccc(C(=O)NN=C(C)C)o1. The van der Waals surface area contributed by atoms with Crippen LogP contribution in [0.15, 0.2) is 26.8 Å². The highest BCUT2D eigenvalue weighted by molar-refractivity contribution is 5.96. The molecule has 0 saturated heterocycles. The lowest BCUT2D eigenvalue weighted by molar-refractivity contribution is 0.0902. The first-order valence-corrected chi connectivity index (χ1v) is 5.62. The highest BCUT2D eigenvalue weighted by Crippen LogP contribution is 2.07. The average molecular weight is 264 g/mol. The van der Waals surface area contributed by atoms with Crippen molar-refractivity contribution in [3.8, 4) is 0 Å². The number of amides is 2. The van der Waals surface area contributed by atoms with Gasteiger partial charge >= 0.3 is 11.8 Å². The second-order valence-electron chi connectivity index (χ2n) is 4.16. The molecule has 0 aliphatic heterocycles. The number of carbonyl (C=O) groups is 2. The lowest BCUT2D eigenvalue weighted by Gasteiger charge is -1.97. The molecule has 0 fully saturated rings. The van der Waals surface area contributed by atoms with E-state index in [2.05, 4.69) is 21.1 Å². The van der Waals surface area contributed by atoms with Gasteiger partial charge in [0.2, 0.25) is 0 Å². The summed E-state index contributed by atoms with van der Waals surface area (Å²) in [6.07, 6.45) is 0. The molecule has 1 heterocycles. The average Bonchev–Trinajstić information content (AvgIpc) is 2.82. The van der Waals surface area contributed by atoms with E-state index in [1.807, 2.05) is 0 Å². The molecule has 0 bridgehead atoms. The van der Waals surface area contributed by atoms with Crippen LogP contribution in [0, 0.1) is 0 Å². The molecule has 102 valence electrons. The van der Waals surface area contributed by atoms with E-state index >= 15 is 0 Å². The molecule has 0 radical (unpaired) electrons. The Morgan fingerprint density at radius 2 is 1.26 bits per heavy atom. The fourth-order valence-corrected chi connectivity index (χ4v) is 1.02.